The zero-order chi connectivity index (χ0) is 14.2. The summed E-state index contributed by atoms with van der Waals surface area (Å²) in [5, 5.41) is 9.34. The SMILES string of the molecule is Cc1cc(C(=O)N(CC(=O)O)C2CC2)cc(Cl)c1Br. The van der Waals surface area contributed by atoms with E-state index in [1.807, 2.05) is 6.92 Å². The Morgan fingerprint density at radius 1 is 1.47 bits per heavy atom. The third kappa shape index (κ3) is 3.28. The highest BCUT2D eigenvalue weighted by molar-refractivity contribution is 9.10. The lowest BCUT2D eigenvalue weighted by Gasteiger charge is -2.20. The molecule has 19 heavy (non-hydrogen) atoms. The van der Waals surface area contributed by atoms with Crippen molar-refractivity contribution in [1.29, 1.82) is 0 Å². The van der Waals surface area contributed by atoms with E-state index in [1.165, 1.54) is 4.90 Å². The quantitative estimate of drug-likeness (QED) is 0.911. The molecule has 1 aromatic rings. The van der Waals surface area contributed by atoms with Crippen molar-refractivity contribution in [3.63, 3.8) is 0 Å². The number of aryl methyl sites for hydroxylation is 1. The van der Waals surface area contributed by atoms with Crippen molar-refractivity contribution < 1.29 is 14.7 Å². The molecule has 6 heteroatoms. The lowest BCUT2D eigenvalue weighted by atomic mass is 10.1. The average Bonchev–Trinajstić information content (AvgIpc) is 3.15. The van der Waals surface area contributed by atoms with E-state index in [2.05, 4.69) is 15.9 Å². The normalized spacial score (nSPS) is 14.3. The van der Waals surface area contributed by atoms with Crippen LogP contribution in [0.3, 0.4) is 0 Å². The summed E-state index contributed by atoms with van der Waals surface area (Å²) in [6, 6.07) is 3.33. The van der Waals surface area contributed by atoms with Crippen LogP contribution in [0.2, 0.25) is 5.02 Å². The second-order valence-electron chi connectivity index (χ2n) is 4.65. The van der Waals surface area contributed by atoms with Gasteiger partial charge in [-0.05, 0) is 53.4 Å². The number of carbonyl (C=O) groups is 2. The Hall–Kier alpha value is -1.07. The van der Waals surface area contributed by atoms with Crippen LogP contribution in [0.5, 0.6) is 0 Å². The Kier molecular flexibility index (Phi) is 4.16. The minimum atomic E-state index is -1.000. The molecular weight excluding hydrogens is 334 g/mol. The van der Waals surface area contributed by atoms with Crippen molar-refractivity contribution >= 4 is 39.4 Å². The fourth-order valence-corrected chi connectivity index (χ4v) is 2.41. The first-order chi connectivity index (χ1) is 8.90. The second kappa shape index (κ2) is 5.51. The topological polar surface area (TPSA) is 57.6 Å². The molecule has 1 aliphatic carbocycles. The minimum absolute atomic E-state index is 0.0475. The van der Waals surface area contributed by atoms with Crippen LogP contribution in [0.15, 0.2) is 16.6 Å². The van der Waals surface area contributed by atoms with E-state index in [1.54, 1.807) is 12.1 Å². The molecule has 0 bridgehead atoms. The summed E-state index contributed by atoms with van der Waals surface area (Å²) in [7, 11) is 0. The molecule has 1 aromatic carbocycles. The lowest BCUT2D eigenvalue weighted by Crippen LogP contribution is -2.37. The highest BCUT2D eigenvalue weighted by atomic mass is 79.9. The van der Waals surface area contributed by atoms with E-state index < -0.39 is 5.97 Å². The molecule has 2 rings (SSSR count). The van der Waals surface area contributed by atoms with Crippen LogP contribution < -0.4 is 0 Å². The van der Waals surface area contributed by atoms with Gasteiger partial charge in [0.15, 0.2) is 0 Å². The van der Waals surface area contributed by atoms with E-state index in [0.29, 0.717) is 10.6 Å². The molecule has 102 valence electrons. The molecule has 0 heterocycles. The zero-order valence-electron chi connectivity index (χ0n) is 10.3. The average molecular weight is 347 g/mol. The number of rotatable bonds is 4. The van der Waals surface area contributed by atoms with E-state index in [-0.39, 0.29) is 18.5 Å². The van der Waals surface area contributed by atoms with Gasteiger partial charge in [0.05, 0.1) is 5.02 Å². The summed E-state index contributed by atoms with van der Waals surface area (Å²) < 4.78 is 0.752. The largest absolute Gasteiger partial charge is 0.480 e. The number of carboxylic acid groups (broad SMARTS) is 1. The number of nitrogens with zero attached hydrogens (tertiary/aromatic N) is 1. The third-order valence-corrected chi connectivity index (χ3v) is 4.59. The highest BCUT2D eigenvalue weighted by Crippen LogP contribution is 2.31. The van der Waals surface area contributed by atoms with Crippen molar-refractivity contribution in [1.82, 2.24) is 4.90 Å². The van der Waals surface area contributed by atoms with Gasteiger partial charge in [-0.2, -0.15) is 0 Å². The number of halogens is 2. The smallest absolute Gasteiger partial charge is 0.323 e. The number of amides is 1. The van der Waals surface area contributed by atoms with E-state index in [4.69, 9.17) is 16.7 Å². The fraction of sp³-hybridized carbons (Fsp3) is 0.385. The Morgan fingerprint density at radius 2 is 2.11 bits per heavy atom. The Bertz CT molecular complexity index is 520. The number of carboxylic acids is 1. The summed E-state index contributed by atoms with van der Waals surface area (Å²) in [6.07, 6.45) is 1.73. The maximum atomic E-state index is 12.4. The van der Waals surface area contributed by atoms with Gasteiger partial charge in [0.1, 0.15) is 6.54 Å². The van der Waals surface area contributed by atoms with Crippen LogP contribution in [0.25, 0.3) is 0 Å². The van der Waals surface area contributed by atoms with Crippen LogP contribution in [0, 0.1) is 6.92 Å². The van der Waals surface area contributed by atoms with Gasteiger partial charge in [-0.1, -0.05) is 11.6 Å². The fourth-order valence-electron chi connectivity index (χ4n) is 1.91. The Balaban J connectivity index is 2.28. The molecule has 0 spiro atoms. The van der Waals surface area contributed by atoms with Crippen molar-refractivity contribution in [2.24, 2.45) is 0 Å². The predicted molar refractivity (Wildman–Crippen MR) is 75.6 cm³/mol. The predicted octanol–water partition coefficient (Wildman–Crippen LogP) is 3.10. The Morgan fingerprint density at radius 3 is 2.58 bits per heavy atom. The van der Waals surface area contributed by atoms with Crippen LogP contribution in [0.4, 0.5) is 0 Å². The molecule has 0 saturated heterocycles. The molecule has 1 fully saturated rings. The van der Waals surface area contributed by atoms with E-state index in [9.17, 15) is 9.59 Å². The third-order valence-electron chi connectivity index (χ3n) is 3.01. The maximum absolute atomic E-state index is 12.4. The lowest BCUT2D eigenvalue weighted by molar-refractivity contribution is -0.137. The van der Waals surface area contributed by atoms with Crippen molar-refractivity contribution in [3.8, 4) is 0 Å². The summed E-state index contributed by atoms with van der Waals surface area (Å²) >= 11 is 9.36. The summed E-state index contributed by atoms with van der Waals surface area (Å²) in [5.74, 6) is -1.28. The second-order valence-corrected chi connectivity index (χ2v) is 5.85. The number of carbonyl (C=O) groups excluding carboxylic acids is 1. The molecule has 0 atom stereocenters. The molecule has 1 N–H and O–H groups in total. The summed E-state index contributed by atoms with van der Waals surface area (Å²) in [4.78, 5) is 24.6. The van der Waals surface area contributed by atoms with Crippen LogP contribution in [0.1, 0.15) is 28.8 Å². The Labute approximate surface area is 124 Å². The van der Waals surface area contributed by atoms with Crippen molar-refractivity contribution in [2.75, 3.05) is 6.54 Å². The van der Waals surface area contributed by atoms with Crippen LogP contribution in [-0.2, 0) is 4.79 Å². The minimum Gasteiger partial charge on any atom is -0.480 e. The van der Waals surface area contributed by atoms with Gasteiger partial charge in [-0.25, -0.2) is 0 Å². The summed E-state index contributed by atoms with van der Waals surface area (Å²) in [5.41, 5.74) is 1.28. The molecule has 0 aliphatic heterocycles. The highest BCUT2D eigenvalue weighted by Gasteiger charge is 2.34. The van der Waals surface area contributed by atoms with Crippen molar-refractivity contribution in [2.45, 2.75) is 25.8 Å². The molecule has 0 radical (unpaired) electrons. The molecule has 4 nitrogen and oxygen atoms in total. The van der Waals surface area contributed by atoms with E-state index >= 15 is 0 Å². The first kappa shape index (κ1) is 14.3. The molecule has 1 amide bonds. The monoisotopic (exact) mass is 345 g/mol. The first-order valence-corrected chi connectivity index (χ1v) is 7.05. The number of aliphatic carboxylic acids is 1. The first-order valence-electron chi connectivity index (χ1n) is 5.88. The van der Waals surface area contributed by atoms with Gasteiger partial charge in [0, 0.05) is 16.1 Å². The van der Waals surface area contributed by atoms with Gasteiger partial charge in [0.25, 0.3) is 5.91 Å². The van der Waals surface area contributed by atoms with Gasteiger partial charge in [0.2, 0.25) is 0 Å². The van der Waals surface area contributed by atoms with Crippen LogP contribution >= 0.6 is 27.5 Å². The summed E-state index contributed by atoms with van der Waals surface area (Å²) in [6.45, 7) is 1.57. The zero-order valence-corrected chi connectivity index (χ0v) is 12.7. The molecular formula is C13H13BrClNO3. The molecule has 1 saturated carbocycles. The van der Waals surface area contributed by atoms with Crippen molar-refractivity contribution in [3.05, 3.63) is 32.8 Å². The van der Waals surface area contributed by atoms with Crippen LogP contribution in [-0.4, -0.2) is 34.5 Å². The molecule has 1 aliphatic rings. The number of hydrogen-bond donors (Lipinski definition) is 1. The van der Waals surface area contributed by atoms with Gasteiger partial charge in [-0.3, -0.25) is 9.59 Å². The maximum Gasteiger partial charge on any atom is 0.323 e. The van der Waals surface area contributed by atoms with Gasteiger partial charge < -0.3 is 10.0 Å². The standard InChI is InChI=1S/C13H13BrClNO3/c1-7-4-8(5-10(15)12(7)14)13(19)16(6-11(17)18)9-2-3-9/h4-5,9H,2-3,6H2,1H3,(H,17,18). The molecule has 0 unspecified atom stereocenters. The molecule has 0 aromatic heterocycles. The number of hydrogen-bond acceptors (Lipinski definition) is 2. The van der Waals surface area contributed by atoms with E-state index in [0.717, 1.165) is 22.9 Å². The van der Waals surface area contributed by atoms with Gasteiger partial charge >= 0.3 is 5.97 Å². The van der Waals surface area contributed by atoms with Gasteiger partial charge in [-0.15, -0.1) is 0 Å². The number of benzene rings is 1.